The molecule has 0 aromatic heterocycles. The van der Waals surface area contributed by atoms with Crippen LogP contribution in [-0.2, 0) is 4.79 Å². The Hall–Kier alpha value is -2.05. The molecule has 0 heterocycles. The summed E-state index contributed by atoms with van der Waals surface area (Å²) in [6.45, 7) is 0. The van der Waals surface area contributed by atoms with E-state index in [9.17, 15) is 10.1 Å². The van der Waals surface area contributed by atoms with Crippen molar-refractivity contribution >= 4 is 56.2 Å². The molecular formula is C18H14BrIN2O3. The average Bonchev–Trinajstić information content (AvgIpc) is 2.60. The maximum absolute atomic E-state index is 12.4. The number of hydrogen-bond acceptors (Lipinski definition) is 4. The lowest BCUT2D eigenvalue weighted by atomic mass is 10.1. The Kier molecular flexibility index (Phi) is 6.84. The lowest BCUT2D eigenvalue weighted by Crippen LogP contribution is -2.14. The standard InChI is InChI=1S/C18H14BrIN2O3/c1-24-16-9-11(8-13(19)17(16)25-2)7-12(10-21)18(23)22-15-6-4-3-5-14(15)20/h3-9H,1-2H3,(H,22,23)/b12-7-. The highest BCUT2D eigenvalue weighted by Crippen LogP contribution is 2.36. The molecule has 0 bridgehead atoms. The predicted octanol–water partition coefficient (Wildman–Crippen LogP) is 4.62. The second-order valence-electron chi connectivity index (χ2n) is 4.84. The lowest BCUT2D eigenvalue weighted by Gasteiger charge is -2.11. The highest BCUT2D eigenvalue weighted by atomic mass is 127. The van der Waals surface area contributed by atoms with E-state index < -0.39 is 5.91 Å². The average molecular weight is 513 g/mol. The Balaban J connectivity index is 2.34. The molecule has 2 aromatic carbocycles. The third kappa shape index (κ3) is 4.74. The number of methoxy groups -OCH3 is 2. The second-order valence-corrected chi connectivity index (χ2v) is 6.86. The number of ether oxygens (including phenoxy) is 2. The van der Waals surface area contributed by atoms with Crippen LogP contribution in [0.15, 0.2) is 46.4 Å². The number of carbonyl (C=O) groups is 1. The van der Waals surface area contributed by atoms with Crippen molar-refractivity contribution in [1.82, 2.24) is 0 Å². The molecule has 2 rings (SSSR count). The zero-order valence-corrected chi connectivity index (χ0v) is 17.2. The van der Waals surface area contributed by atoms with E-state index in [1.807, 2.05) is 24.3 Å². The number of amides is 1. The van der Waals surface area contributed by atoms with Gasteiger partial charge in [0.15, 0.2) is 11.5 Å². The summed E-state index contributed by atoms with van der Waals surface area (Å²) in [5.41, 5.74) is 1.28. The first-order chi connectivity index (χ1) is 12.0. The SMILES string of the molecule is COc1cc(/C=C(/C#N)C(=O)Nc2ccccc2I)cc(Br)c1OC. The van der Waals surface area contributed by atoms with E-state index in [0.717, 1.165) is 3.57 Å². The van der Waals surface area contributed by atoms with Crippen molar-refractivity contribution in [1.29, 1.82) is 5.26 Å². The number of hydrogen-bond donors (Lipinski definition) is 1. The Labute approximate surface area is 167 Å². The zero-order chi connectivity index (χ0) is 18.4. The van der Waals surface area contributed by atoms with Crippen molar-refractivity contribution in [2.75, 3.05) is 19.5 Å². The minimum Gasteiger partial charge on any atom is -0.493 e. The van der Waals surface area contributed by atoms with E-state index >= 15 is 0 Å². The van der Waals surface area contributed by atoms with Crippen LogP contribution in [0, 0.1) is 14.9 Å². The van der Waals surface area contributed by atoms with Crippen molar-refractivity contribution in [3.8, 4) is 17.6 Å². The third-order valence-corrected chi connectivity index (χ3v) is 4.78. The topological polar surface area (TPSA) is 71.3 Å². The van der Waals surface area contributed by atoms with Gasteiger partial charge in [0.05, 0.1) is 24.4 Å². The van der Waals surface area contributed by atoms with Gasteiger partial charge in [-0.1, -0.05) is 12.1 Å². The van der Waals surface area contributed by atoms with E-state index in [-0.39, 0.29) is 5.57 Å². The van der Waals surface area contributed by atoms with Crippen molar-refractivity contribution in [2.24, 2.45) is 0 Å². The number of nitriles is 1. The van der Waals surface area contributed by atoms with Gasteiger partial charge in [-0.25, -0.2) is 0 Å². The summed E-state index contributed by atoms with van der Waals surface area (Å²) in [4.78, 5) is 12.4. The van der Waals surface area contributed by atoms with Gasteiger partial charge in [0.25, 0.3) is 5.91 Å². The molecule has 0 saturated carbocycles. The van der Waals surface area contributed by atoms with Gasteiger partial charge >= 0.3 is 0 Å². The van der Waals surface area contributed by atoms with Crippen LogP contribution >= 0.6 is 38.5 Å². The molecule has 7 heteroatoms. The van der Waals surface area contributed by atoms with E-state index in [4.69, 9.17) is 9.47 Å². The fraction of sp³-hybridized carbons (Fsp3) is 0.111. The van der Waals surface area contributed by atoms with E-state index in [0.29, 0.717) is 27.2 Å². The van der Waals surface area contributed by atoms with Crippen molar-refractivity contribution < 1.29 is 14.3 Å². The van der Waals surface area contributed by atoms with Gasteiger partial charge in [0.2, 0.25) is 0 Å². The second kappa shape index (κ2) is 8.87. The quantitative estimate of drug-likeness (QED) is 0.360. The van der Waals surface area contributed by atoms with Gasteiger partial charge in [0, 0.05) is 3.57 Å². The van der Waals surface area contributed by atoms with E-state index in [2.05, 4.69) is 43.8 Å². The number of anilines is 1. The molecule has 0 saturated heterocycles. The van der Waals surface area contributed by atoms with Crippen molar-refractivity contribution in [2.45, 2.75) is 0 Å². The van der Waals surface area contributed by atoms with Crippen LogP contribution in [0.5, 0.6) is 11.5 Å². The number of halogens is 2. The van der Waals surface area contributed by atoms with E-state index in [1.54, 1.807) is 18.2 Å². The van der Waals surface area contributed by atoms with E-state index in [1.165, 1.54) is 20.3 Å². The molecule has 25 heavy (non-hydrogen) atoms. The minimum atomic E-state index is -0.475. The summed E-state index contributed by atoms with van der Waals surface area (Å²) >= 11 is 5.51. The Bertz CT molecular complexity index is 875. The van der Waals surface area contributed by atoms with Crippen molar-refractivity contribution in [3.63, 3.8) is 0 Å². The molecule has 1 N–H and O–H groups in total. The van der Waals surface area contributed by atoms with Gasteiger partial charge in [0.1, 0.15) is 11.6 Å². The highest BCUT2D eigenvalue weighted by Gasteiger charge is 2.14. The summed E-state index contributed by atoms with van der Waals surface area (Å²) in [5.74, 6) is 0.567. The smallest absolute Gasteiger partial charge is 0.266 e. The third-order valence-electron chi connectivity index (χ3n) is 3.25. The first-order valence-corrected chi connectivity index (χ1v) is 8.96. The predicted molar refractivity (Wildman–Crippen MR) is 109 cm³/mol. The van der Waals surface area contributed by atoms with Crippen LogP contribution in [-0.4, -0.2) is 20.1 Å². The van der Waals surface area contributed by atoms with Gasteiger partial charge in [-0.3, -0.25) is 4.79 Å². The molecule has 1 amide bonds. The van der Waals surface area contributed by atoms with Crippen LogP contribution in [0.4, 0.5) is 5.69 Å². The molecule has 0 aliphatic rings. The Morgan fingerprint density at radius 2 is 2.00 bits per heavy atom. The van der Waals surface area contributed by atoms with Crippen LogP contribution in [0.25, 0.3) is 6.08 Å². The summed E-state index contributed by atoms with van der Waals surface area (Å²) in [5, 5.41) is 12.1. The van der Waals surface area contributed by atoms with Crippen LogP contribution in [0.2, 0.25) is 0 Å². The molecule has 5 nitrogen and oxygen atoms in total. The molecule has 0 aliphatic carbocycles. The zero-order valence-electron chi connectivity index (χ0n) is 13.5. The summed E-state index contributed by atoms with van der Waals surface area (Å²) in [6, 6.07) is 12.7. The van der Waals surface area contributed by atoms with Crippen LogP contribution < -0.4 is 14.8 Å². The number of para-hydroxylation sites is 1. The first-order valence-electron chi connectivity index (χ1n) is 7.09. The summed E-state index contributed by atoms with van der Waals surface area (Å²) in [7, 11) is 3.06. The maximum Gasteiger partial charge on any atom is 0.266 e. The molecule has 0 atom stereocenters. The molecule has 0 radical (unpaired) electrons. The lowest BCUT2D eigenvalue weighted by molar-refractivity contribution is -0.112. The first kappa shape index (κ1) is 19.3. The molecule has 2 aromatic rings. The number of nitrogens with one attached hydrogen (secondary N) is 1. The van der Waals surface area contributed by atoms with Crippen molar-refractivity contribution in [3.05, 3.63) is 55.6 Å². The number of nitrogens with zero attached hydrogens (tertiary/aromatic N) is 1. The van der Waals surface area contributed by atoms with Crippen LogP contribution in [0.1, 0.15) is 5.56 Å². The van der Waals surface area contributed by atoms with Gasteiger partial charge in [-0.2, -0.15) is 5.26 Å². The summed E-state index contributed by atoms with van der Waals surface area (Å²) < 4.78 is 12.1. The Morgan fingerprint density at radius 1 is 1.28 bits per heavy atom. The molecule has 0 unspecified atom stereocenters. The molecule has 0 fully saturated rings. The van der Waals surface area contributed by atoms with Crippen LogP contribution in [0.3, 0.4) is 0 Å². The fourth-order valence-electron chi connectivity index (χ4n) is 2.09. The Morgan fingerprint density at radius 3 is 2.60 bits per heavy atom. The maximum atomic E-state index is 12.4. The summed E-state index contributed by atoms with van der Waals surface area (Å²) in [6.07, 6.45) is 1.50. The van der Waals surface area contributed by atoms with Gasteiger partial charge < -0.3 is 14.8 Å². The molecular weight excluding hydrogens is 499 g/mol. The fourth-order valence-corrected chi connectivity index (χ4v) is 3.23. The largest absolute Gasteiger partial charge is 0.493 e. The number of benzene rings is 2. The molecule has 128 valence electrons. The molecule has 0 aliphatic heterocycles. The monoisotopic (exact) mass is 512 g/mol. The number of carbonyl (C=O) groups excluding carboxylic acids is 1. The highest BCUT2D eigenvalue weighted by molar-refractivity contribution is 14.1. The molecule has 0 spiro atoms. The number of rotatable bonds is 5. The minimum absolute atomic E-state index is 0.0150. The normalized spacial score (nSPS) is 10.8. The van der Waals surface area contributed by atoms with Gasteiger partial charge in [-0.05, 0) is 74.4 Å². The van der Waals surface area contributed by atoms with Gasteiger partial charge in [-0.15, -0.1) is 0 Å².